The Morgan fingerprint density at radius 3 is 2.23 bits per heavy atom. The van der Waals surface area contributed by atoms with Gasteiger partial charge in [-0.15, -0.1) is 0 Å². The zero-order valence-corrected chi connectivity index (χ0v) is 15.7. The van der Waals surface area contributed by atoms with Crippen LogP contribution in [0.5, 0.6) is 5.75 Å². The number of rotatable bonds is 10. The summed E-state index contributed by atoms with van der Waals surface area (Å²) >= 11 is 0. The number of carbonyl (C=O) groups excluding carboxylic acids is 1. The summed E-state index contributed by atoms with van der Waals surface area (Å²) in [7, 11) is 0. The molecular weight excluding hydrogens is 324 g/mol. The number of hydrogen-bond donors (Lipinski definition) is 0. The van der Waals surface area contributed by atoms with Gasteiger partial charge in [0.05, 0.1) is 18.4 Å². The van der Waals surface area contributed by atoms with Crippen LogP contribution in [0, 0.1) is 0 Å². The Morgan fingerprint density at radius 1 is 0.923 bits per heavy atom. The van der Waals surface area contributed by atoms with E-state index in [0.717, 1.165) is 18.4 Å². The topological polar surface area (TPSA) is 35.5 Å². The average molecular weight is 352 g/mol. The van der Waals surface area contributed by atoms with E-state index in [9.17, 15) is 4.79 Å². The van der Waals surface area contributed by atoms with Crippen LogP contribution in [0.15, 0.2) is 60.9 Å². The quantitative estimate of drug-likeness (QED) is 0.237. The van der Waals surface area contributed by atoms with E-state index in [1.807, 2.05) is 49.4 Å². The average Bonchev–Trinajstić information content (AvgIpc) is 2.67. The molecule has 0 aliphatic rings. The predicted molar refractivity (Wildman–Crippen MR) is 106 cm³/mol. The van der Waals surface area contributed by atoms with Crippen LogP contribution in [0.1, 0.15) is 54.6 Å². The Balaban J connectivity index is 1.84. The summed E-state index contributed by atoms with van der Waals surface area (Å²) in [5.41, 5.74) is 2.96. The maximum Gasteiger partial charge on any atom is 0.343 e. The molecule has 0 aliphatic carbocycles. The fraction of sp³-hybridized carbons (Fsp3) is 0.348. The van der Waals surface area contributed by atoms with E-state index in [1.54, 1.807) is 18.4 Å². The molecule has 0 unspecified atom stereocenters. The largest absolute Gasteiger partial charge is 0.501 e. The Kier molecular flexibility index (Phi) is 8.47. The number of carbonyl (C=O) groups is 1. The highest BCUT2D eigenvalue weighted by molar-refractivity contribution is 5.91. The van der Waals surface area contributed by atoms with Gasteiger partial charge in [0.1, 0.15) is 5.75 Å². The van der Waals surface area contributed by atoms with Gasteiger partial charge in [0, 0.05) is 6.42 Å². The lowest BCUT2D eigenvalue weighted by molar-refractivity contribution is 0.0734. The summed E-state index contributed by atoms with van der Waals surface area (Å²) in [4.78, 5) is 12.3. The van der Waals surface area contributed by atoms with Crippen LogP contribution in [0.25, 0.3) is 0 Å². The van der Waals surface area contributed by atoms with Gasteiger partial charge in [-0.2, -0.15) is 0 Å². The Bertz CT molecular complexity index is 684. The second-order valence-corrected chi connectivity index (χ2v) is 6.28. The van der Waals surface area contributed by atoms with E-state index in [0.29, 0.717) is 17.9 Å². The van der Waals surface area contributed by atoms with Crippen LogP contribution in [0.2, 0.25) is 0 Å². The highest BCUT2D eigenvalue weighted by Crippen LogP contribution is 2.16. The standard InChI is InChI=1S/C23H28O3/c1-3-5-6-7-19-10-14-22(15-11-19)26-23(24)21-12-8-20(9-13-21)16-18-25-17-4-2/h4,8-15,17H,3,5-7,16,18H2,1-2H3. The fourth-order valence-corrected chi connectivity index (χ4v) is 2.62. The van der Waals surface area contributed by atoms with E-state index < -0.39 is 0 Å². The van der Waals surface area contributed by atoms with Gasteiger partial charge >= 0.3 is 5.97 Å². The van der Waals surface area contributed by atoms with Crippen LogP contribution < -0.4 is 4.74 Å². The molecule has 0 aliphatic heterocycles. The first-order valence-electron chi connectivity index (χ1n) is 9.35. The van der Waals surface area contributed by atoms with Crippen molar-refractivity contribution in [2.75, 3.05) is 6.61 Å². The van der Waals surface area contributed by atoms with Crippen molar-refractivity contribution in [1.29, 1.82) is 0 Å². The molecular formula is C23H28O3. The number of ether oxygens (including phenoxy) is 2. The van der Waals surface area contributed by atoms with Gasteiger partial charge in [0.25, 0.3) is 0 Å². The summed E-state index contributed by atoms with van der Waals surface area (Å²) in [6.45, 7) is 4.74. The van der Waals surface area contributed by atoms with Crippen molar-refractivity contribution in [3.8, 4) is 5.75 Å². The van der Waals surface area contributed by atoms with Crippen molar-refractivity contribution in [3.05, 3.63) is 77.6 Å². The van der Waals surface area contributed by atoms with Gasteiger partial charge in [-0.3, -0.25) is 0 Å². The van der Waals surface area contributed by atoms with Gasteiger partial charge in [-0.1, -0.05) is 50.1 Å². The first-order chi connectivity index (χ1) is 12.7. The molecule has 0 atom stereocenters. The predicted octanol–water partition coefficient (Wildman–Crippen LogP) is 5.73. The van der Waals surface area contributed by atoms with Crippen molar-refractivity contribution in [2.24, 2.45) is 0 Å². The van der Waals surface area contributed by atoms with Crippen LogP contribution in [0.4, 0.5) is 0 Å². The highest BCUT2D eigenvalue weighted by Gasteiger charge is 2.08. The van der Waals surface area contributed by atoms with Crippen LogP contribution in [-0.4, -0.2) is 12.6 Å². The summed E-state index contributed by atoms with van der Waals surface area (Å²) in [5.74, 6) is 0.249. The molecule has 0 aromatic heterocycles. The Labute approximate surface area is 156 Å². The number of aryl methyl sites for hydroxylation is 1. The monoisotopic (exact) mass is 352 g/mol. The minimum absolute atomic E-state index is 0.333. The number of unbranched alkanes of at least 4 members (excludes halogenated alkanes) is 2. The van der Waals surface area contributed by atoms with E-state index in [4.69, 9.17) is 9.47 Å². The smallest absolute Gasteiger partial charge is 0.343 e. The summed E-state index contributed by atoms with van der Waals surface area (Å²) < 4.78 is 10.8. The van der Waals surface area contributed by atoms with Gasteiger partial charge in [0.15, 0.2) is 0 Å². The molecule has 0 bridgehead atoms. The molecule has 0 amide bonds. The first kappa shape index (κ1) is 19.8. The minimum atomic E-state index is -0.333. The second-order valence-electron chi connectivity index (χ2n) is 6.28. The Hall–Kier alpha value is -2.55. The third kappa shape index (κ3) is 6.75. The molecule has 0 radical (unpaired) electrons. The number of benzene rings is 2. The molecule has 0 saturated carbocycles. The van der Waals surface area contributed by atoms with Crippen LogP contribution in [0.3, 0.4) is 0 Å². The van der Waals surface area contributed by atoms with E-state index in [1.165, 1.54) is 24.8 Å². The van der Waals surface area contributed by atoms with Crippen LogP contribution >= 0.6 is 0 Å². The van der Waals surface area contributed by atoms with E-state index in [-0.39, 0.29) is 5.97 Å². The summed E-state index contributed by atoms with van der Waals surface area (Å²) in [6.07, 6.45) is 9.07. The molecule has 3 nitrogen and oxygen atoms in total. The SMILES string of the molecule is CC=COCCc1ccc(C(=O)Oc2ccc(CCCCC)cc2)cc1. The minimum Gasteiger partial charge on any atom is -0.501 e. The molecule has 2 aromatic carbocycles. The molecule has 0 fully saturated rings. The summed E-state index contributed by atoms with van der Waals surface area (Å²) in [6, 6.07) is 15.3. The molecule has 0 N–H and O–H groups in total. The molecule has 2 rings (SSSR count). The molecule has 138 valence electrons. The van der Waals surface area contributed by atoms with Gasteiger partial charge in [0.2, 0.25) is 0 Å². The lowest BCUT2D eigenvalue weighted by atomic mass is 10.1. The fourth-order valence-electron chi connectivity index (χ4n) is 2.62. The molecule has 3 heteroatoms. The molecule has 2 aromatic rings. The van der Waals surface area contributed by atoms with Gasteiger partial charge in [-0.05, 0) is 55.2 Å². The van der Waals surface area contributed by atoms with Crippen molar-refractivity contribution in [3.63, 3.8) is 0 Å². The molecule has 26 heavy (non-hydrogen) atoms. The van der Waals surface area contributed by atoms with Crippen molar-refractivity contribution in [1.82, 2.24) is 0 Å². The highest BCUT2D eigenvalue weighted by atomic mass is 16.5. The first-order valence-corrected chi connectivity index (χ1v) is 9.35. The molecule has 0 heterocycles. The second kappa shape index (κ2) is 11.1. The molecule has 0 spiro atoms. The van der Waals surface area contributed by atoms with Crippen molar-refractivity contribution >= 4 is 5.97 Å². The molecule has 0 saturated heterocycles. The van der Waals surface area contributed by atoms with Gasteiger partial charge in [-0.25, -0.2) is 4.79 Å². The lowest BCUT2D eigenvalue weighted by Crippen LogP contribution is -2.08. The number of esters is 1. The van der Waals surface area contributed by atoms with Gasteiger partial charge < -0.3 is 9.47 Å². The van der Waals surface area contributed by atoms with Crippen molar-refractivity contribution < 1.29 is 14.3 Å². The normalized spacial score (nSPS) is 10.8. The number of hydrogen-bond acceptors (Lipinski definition) is 3. The van der Waals surface area contributed by atoms with Crippen molar-refractivity contribution in [2.45, 2.75) is 46.0 Å². The maximum atomic E-state index is 12.3. The van der Waals surface area contributed by atoms with E-state index in [2.05, 4.69) is 6.92 Å². The van der Waals surface area contributed by atoms with Crippen LogP contribution in [-0.2, 0) is 17.6 Å². The summed E-state index contributed by atoms with van der Waals surface area (Å²) in [5, 5.41) is 0. The maximum absolute atomic E-state index is 12.3. The van der Waals surface area contributed by atoms with E-state index >= 15 is 0 Å². The zero-order chi connectivity index (χ0) is 18.6. The number of allylic oxidation sites excluding steroid dienone is 1. The third-order valence-electron chi connectivity index (χ3n) is 4.13. The zero-order valence-electron chi connectivity index (χ0n) is 15.7. The Morgan fingerprint density at radius 2 is 1.58 bits per heavy atom. The third-order valence-corrected chi connectivity index (χ3v) is 4.13. The lowest BCUT2D eigenvalue weighted by Gasteiger charge is -2.07.